The normalized spacial score (nSPS) is 31.6. The van der Waals surface area contributed by atoms with E-state index in [0.717, 1.165) is 25.2 Å². The van der Waals surface area contributed by atoms with Crippen molar-refractivity contribution in [1.29, 1.82) is 0 Å². The van der Waals surface area contributed by atoms with E-state index >= 15 is 0 Å². The number of rotatable bonds is 4. The maximum Gasteiger partial charge on any atom is 0.336 e. The Kier molecular flexibility index (Phi) is 4.37. The lowest BCUT2D eigenvalue weighted by molar-refractivity contribution is -0.00877. The number of carboxylic acids is 1. The third-order valence-electron chi connectivity index (χ3n) is 7.01. The first-order valence-corrected chi connectivity index (χ1v) is 10.2. The minimum absolute atomic E-state index is 0.319. The highest BCUT2D eigenvalue weighted by molar-refractivity contribution is 5.89. The van der Waals surface area contributed by atoms with Gasteiger partial charge in [-0.25, -0.2) is 4.79 Å². The molecule has 4 aliphatic rings. The van der Waals surface area contributed by atoms with Crippen molar-refractivity contribution in [1.82, 2.24) is 9.80 Å². The van der Waals surface area contributed by atoms with Gasteiger partial charge in [-0.2, -0.15) is 0 Å². The lowest BCUT2D eigenvalue weighted by Gasteiger charge is -2.51. The van der Waals surface area contributed by atoms with Crippen molar-refractivity contribution in [2.75, 3.05) is 19.6 Å². The van der Waals surface area contributed by atoms with E-state index in [1.807, 2.05) is 24.3 Å². The molecular weight excluding hydrogens is 352 g/mol. The second kappa shape index (κ2) is 6.90. The molecule has 0 aromatic heterocycles. The number of phenols is 1. The third kappa shape index (κ3) is 2.90. The quantitative estimate of drug-likeness (QED) is 0.856. The SMILES string of the molecule is O=C(O)c1ccccc1CN1C[C@@H](c2cccc(O)c2)[C@@H]2[C@H]1C1CCN2CC1. The number of phenolic OH excluding ortho intramolecular Hbond substituents is 1. The summed E-state index contributed by atoms with van der Waals surface area (Å²) in [7, 11) is 0. The van der Waals surface area contributed by atoms with Gasteiger partial charge < -0.3 is 10.2 Å². The van der Waals surface area contributed by atoms with E-state index in [4.69, 9.17) is 0 Å². The molecule has 3 atom stereocenters. The third-order valence-corrected chi connectivity index (χ3v) is 7.01. The number of hydrogen-bond acceptors (Lipinski definition) is 4. The van der Waals surface area contributed by atoms with Crippen molar-refractivity contribution in [3.05, 3.63) is 65.2 Å². The van der Waals surface area contributed by atoms with Crippen LogP contribution in [0.1, 0.15) is 40.2 Å². The first-order valence-electron chi connectivity index (χ1n) is 10.2. The van der Waals surface area contributed by atoms with Gasteiger partial charge in [0.25, 0.3) is 0 Å². The number of nitrogens with zero attached hydrogens (tertiary/aromatic N) is 2. The second-order valence-corrected chi connectivity index (χ2v) is 8.45. The number of hydrogen-bond donors (Lipinski definition) is 2. The van der Waals surface area contributed by atoms with Crippen LogP contribution in [0.5, 0.6) is 5.75 Å². The zero-order valence-corrected chi connectivity index (χ0v) is 15.9. The minimum Gasteiger partial charge on any atom is -0.508 e. The lowest BCUT2D eigenvalue weighted by Crippen LogP contribution is -2.60. The molecule has 2 bridgehead atoms. The Balaban J connectivity index is 1.50. The first-order chi connectivity index (χ1) is 13.6. The number of piperidine rings is 3. The molecule has 6 rings (SSSR count). The summed E-state index contributed by atoms with van der Waals surface area (Å²) in [5, 5.41) is 19.6. The maximum absolute atomic E-state index is 11.7. The second-order valence-electron chi connectivity index (χ2n) is 8.45. The van der Waals surface area contributed by atoms with E-state index < -0.39 is 5.97 Å². The predicted octanol–water partition coefficient (Wildman–Crippen LogP) is 3.15. The molecule has 4 fully saturated rings. The molecule has 4 saturated heterocycles. The van der Waals surface area contributed by atoms with Crippen LogP contribution in [0, 0.1) is 5.92 Å². The van der Waals surface area contributed by atoms with E-state index in [1.165, 1.54) is 18.4 Å². The van der Waals surface area contributed by atoms with Crippen LogP contribution in [0.15, 0.2) is 48.5 Å². The summed E-state index contributed by atoms with van der Waals surface area (Å²) in [5.41, 5.74) is 2.49. The van der Waals surface area contributed by atoms with Crippen molar-refractivity contribution in [2.45, 2.75) is 37.4 Å². The average Bonchev–Trinajstić information content (AvgIpc) is 3.11. The highest BCUT2D eigenvalue weighted by Crippen LogP contribution is 2.47. The number of benzene rings is 2. The van der Waals surface area contributed by atoms with E-state index in [0.29, 0.717) is 41.8 Å². The van der Waals surface area contributed by atoms with Crippen LogP contribution >= 0.6 is 0 Å². The van der Waals surface area contributed by atoms with Gasteiger partial charge >= 0.3 is 5.97 Å². The molecule has 0 radical (unpaired) electrons. The summed E-state index contributed by atoms with van der Waals surface area (Å²) in [6.07, 6.45) is 2.45. The Morgan fingerprint density at radius 3 is 2.57 bits per heavy atom. The van der Waals surface area contributed by atoms with Crippen molar-refractivity contribution in [2.24, 2.45) is 5.92 Å². The molecule has 4 aliphatic heterocycles. The molecule has 0 saturated carbocycles. The monoisotopic (exact) mass is 378 g/mol. The van der Waals surface area contributed by atoms with Gasteiger partial charge in [-0.15, -0.1) is 0 Å². The Labute approximate surface area is 165 Å². The summed E-state index contributed by atoms with van der Waals surface area (Å²) in [6.45, 7) is 3.88. The van der Waals surface area contributed by atoms with Crippen molar-refractivity contribution >= 4 is 5.97 Å². The van der Waals surface area contributed by atoms with Gasteiger partial charge in [-0.05, 0) is 61.2 Å². The molecule has 0 spiro atoms. The Morgan fingerprint density at radius 1 is 1.04 bits per heavy atom. The Morgan fingerprint density at radius 2 is 1.82 bits per heavy atom. The first kappa shape index (κ1) is 17.7. The van der Waals surface area contributed by atoms with Gasteiger partial charge in [0, 0.05) is 31.1 Å². The molecule has 5 nitrogen and oxygen atoms in total. The van der Waals surface area contributed by atoms with E-state index in [9.17, 15) is 15.0 Å². The molecule has 2 aromatic rings. The van der Waals surface area contributed by atoms with Crippen molar-refractivity contribution in [3.8, 4) is 5.75 Å². The standard InChI is InChI=1S/C23H26N2O3/c26-18-6-3-5-16(12-18)20-14-25(13-17-4-1-2-7-19(17)23(27)28)21-15-8-10-24(11-9-15)22(20)21/h1-7,12,15,20-22,26H,8-11,13-14H2,(H,27,28)/t20-,21+,22+/m0/s1. The molecule has 5 heteroatoms. The fourth-order valence-electron chi connectivity index (χ4n) is 5.86. The van der Waals surface area contributed by atoms with E-state index in [2.05, 4.69) is 15.9 Å². The summed E-state index contributed by atoms with van der Waals surface area (Å²) >= 11 is 0. The van der Waals surface area contributed by atoms with Gasteiger partial charge in [0.05, 0.1) is 5.56 Å². The van der Waals surface area contributed by atoms with Crippen LogP contribution in [0.25, 0.3) is 0 Å². The Hall–Kier alpha value is -2.37. The number of aromatic hydroxyl groups is 1. The molecule has 0 aliphatic carbocycles. The van der Waals surface area contributed by atoms with Crippen LogP contribution in [-0.4, -0.2) is 57.7 Å². The molecule has 4 heterocycles. The molecule has 0 amide bonds. The predicted molar refractivity (Wildman–Crippen MR) is 107 cm³/mol. The summed E-state index contributed by atoms with van der Waals surface area (Å²) in [6, 6.07) is 16.0. The fraction of sp³-hybridized carbons (Fsp3) is 0.435. The van der Waals surface area contributed by atoms with Crippen LogP contribution in [0.3, 0.4) is 0 Å². The molecule has 28 heavy (non-hydrogen) atoms. The van der Waals surface area contributed by atoms with Crippen molar-refractivity contribution < 1.29 is 15.0 Å². The number of carboxylic acid groups (broad SMARTS) is 1. The van der Waals surface area contributed by atoms with E-state index in [1.54, 1.807) is 18.2 Å². The van der Waals surface area contributed by atoms with Crippen molar-refractivity contribution in [3.63, 3.8) is 0 Å². The zero-order valence-electron chi connectivity index (χ0n) is 15.9. The van der Waals surface area contributed by atoms with Gasteiger partial charge in [-0.3, -0.25) is 9.80 Å². The highest BCUT2D eigenvalue weighted by Gasteiger charge is 2.53. The number of aromatic carboxylic acids is 1. The topological polar surface area (TPSA) is 64.0 Å². The van der Waals surface area contributed by atoms with Gasteiger partial charge in [-0.1, -0.05) is 30.3 Å². The lowest BCUT2D eigenvalue weighted by atomic mass is 9.75. The van der Waals surface area contributed by atoms with Crippen LogP contribution in [-0.2, 0) is 6.54 Å². The van der Waals surface area contributed by atoms with Gasteiger partial charge in [0.15, 0.2) is 0 Å². The smallest absolute Gasteiger partial charge is 0.336 e. The van der Waals surface area contributed by atoms with Gasteiger partial charge in [0.2, 0.25) is 0 Å². The minimum atomic E-state index is -0.857. The molecular formula is C23H26N2O3. The fourth-order valence-corrected chi connectivity index (χ4v) is 5.86. The van der Waals surface area contributed by atoms with Crippen LogP contribution in [0.2, 0.25) is 0 Å². The largest absolute Gasteiger partial charge is 0.508 e. The maximum atomic E-state index is 11.7. The number of likely N-dealkylation sites (tertiary alicyclic amines) is 1. The summed E-state index contributed by atoms with van der Waals surface area (Å²) in [4.78, 5) is 16.8. The number of carbonyl (C=O) groups is 1. The molecule has 146 valence electrons. The zero-order chi connectivity index (χ0) is 19.3. The average molecular weight is 378 g/mol. The summed E-state index contributed by atoms with van der Waals surface area (Å²) < 4.78 is 0. The molecule has 2 N–H and O–H groups in total. The Bertz CT molecular complexity index is 891. The number of fused-ring (bicyclic) bond motifs is 2. The van der Waals surface area contributed by atoms with Crippen LogP contribution in [0.4, 0.5) is 0 Å². The van der Waals surface area contributed by atoms with Gasteiger partial charge in [0.1, 0.15) is 5.75 Å². The molecule has 2 aromatic carbocycles. The van der Waals surface area contributed by atoms with Crippen LogP contribution < -0.4 is 0 Å². The summed E-state index contributed by atoms with van der Waals surface area (Å²) in [5.74, 6) is 0.482. The highest BCUT2D eigenvalue weighted by atomic mass is 16.4. The molecule has 0 unspecified atom stereocenters. The van der Waals surface area contributed by atoms with E-state index in [-0.39, 0.29) is 0 Å².